The topological polar surface area (TPSA) is 115 Å². The molecule has 0 spiro atoms. The highest BCUT2D eigenvalue weighted by molar-refractivity contribution is 5.99. The summed E-state index contributed by atoms with van der Waals surface area (Å²) in [5, 5.41) is 2.50. The smallest absolute Gasteiger partial charge is 0.437 e. The van der Waals surface area contributed by atoms with Crippen molar-refractivity contribution in [2.45, 2.75) is 90.4 Å². The Hall–Kier alpha value is -5.02. The van der Waals surface area contributed by atoms with Crippen LogP contribution in [0.15, 0.2) is 64.2 Å². The molecule has 0 saturated carbocycles. The summed E-state index contributed by atoms with van der Waals surface area (Å²) in [5.41, 5.74) is -2.87. The second-order valence-corrected chi connectivity index (χ2v) is 13.8. The standard InChI is InChI=1S/C36H40F6N4O6/c1-33(2,3)51-31(47)44-30(45-32(48)52-34(4,5)6)46-18-9-11-27(46)29-43-26(21-50-29)23-14-17-28(25(20-23)36(40,41)42)49-19-8-7-10-22-12-15-24(16-13-22)35(37,38)39/h7,10,12-17,20-21,27H,8-9,11,18-19H2,1-6H3,(H,44,45,47,48)/b10-7+/t27-/m0/s1. The highest BCUT2D eigenvalue weighted by Gasteiger charge is 2.37. The van der Waals surface area contributed by atoms with Gasteiger partial charge in [-0.3, -0.25) is 5.32 Å². The van der Waals surface area contributed by atoms with Gasteiger partial charge in [0.05, 0.1) is 17.7 Å². The zero-order valence-electron chi connectivity index (χ0n) is 29.4. The van der Waals surface area contributed by atoms with E-state index in [2.05, 4.69) is 15.3 Å². The fraction of sp³-hybridized carbons (Fsp3) is 0.444. The predicted octanol–water partition coefficient (Wildman–Crippen LogP) is 9.81. The van der Waals surface area contributed by atoms with E-state index in [-0.39, 0.29) is 36.1 Å². The van der Waals surface area contributed by atoms with Gasteiger partial charge in [0.25, 0.3) is 0 Å². The van der Waals surface area contributed by atoms with Crippen LogP contribution in [0.5, 0.6) is 5.75 Å². The molecule has 3 aromatic rings. The lowest BCUT2D eigenvalue weighted by Gasteiger charge is -2.27. The van der Waals surface area contributed by atoms with Crippen LogP contribution >= 0.6 is 0 Å². The normalized spacial score (nSPS) is 16.0. The van der Waals surface area contributed by atoms with E-state index >= 15 is 0 Å². The Morgan fingerprint density at radius 3 is 2.25 bits per heavy atom. The van der Waals surface area contributed by atoms with Gasteiger partial charge in [0.2, 0.25) is 11.9 Å². The van der Waals surface area contributed by atoms with Crippen molar-refractivity contribution in [2.24, 2.45) is 4.99 Å². The molecule has 1 aromatic heterocycles. The number of oxazole rings is 1. The fourth-order valence-electron chi connectivity index (χ4n) is 5.06. The average molecular weight is 739 g/mol. The summed E-state index contributed by atoms with van der Waals surface area (Å²) >= 11 is 0. The number of halogens is 6. The summed E-state index contributed by atoms with van der Waals surface area (Å²) in [6.45, 7) is 10.2. The maximum absolute atomic E-state index is 14.1. The molecule has 1 aliphatic rings. The molecule has 1 atom stereocenters. The maximum atomic E-state index is 14.1. The third kappa shape index (κ3) is 11.5. The Kier molecular flexibility index (Phi) is 12.0. The number of aromatic nitrogens is 1. The van der Waals surface area contributed by atoms with Crippen LogP contribution in [-0.2, 0) is 21.8 Å². The number of alkyl halides is 6. The van der Waals surface area contributed by atoms with Crippen molar-refractivity contribution in [1.82, 2.24) is 15.2 Å². The number of hydrogen-bond acceptors (Lipinski definition) is 7. The molecule has 2 aromatic carbocycles. The first-order valence-corrected chi connectivity index (χ1v) is 16.3. The summed E-state index contributed by atoms with van der Waals surface area (Å²) in [4.78, 5) is 35.4. The summed E-state index contributed by atoms with van der Waals surface area (Å²) in [6.07, 6.45) is -5.51. The largest absolute Gasteiger partial charge is 0.493 e. The van der Waals surface area contributed by atoms with Crippen molar-refractivity contribution in [2.75, 3.05) is 13.2 Å². The van der Waals surface area contributed by atoms with Gasteiger partial charge in [-0.1, -0.05) is 24.3 Å². The third-order valence-corrected chi connectivity index (χ3v) is 7.21. The van der Waals surface area contributed by atoms with Crippen LogP contribution in [0.2, 0.25) is 0 Å². The zero-order valence-corrected chi connectivity index (χ0v) is 29.4. The Balaban J connectivity index is 1.50. The molecule has 0 unspecified atom stereocenters. The molecule has 1 aliphatic heterocycles. The predicted molar refractivity (Wildman–Crippen MR) is 179 cm³/mol. The number of alkyl carbamates (subject to hydrolysis) is 1. The molecule has 0 aliphatic carbocycles. The van der Waals surface area contributed by atoms with Gasteiger partial charge in [0.1, 0.15) is 35.0 Å². The SMILES string of the molecule is CC(C)(C)OC(=O)/N=C(\NC(=O)OC(C)(C)C)N1CCC[C@H]1c1nc(-c2ccc(OCC/C=C/c3ccc(C(F)(F)F)cc3)c(C(F)(F)F)c2)co1. The van der Waals surface area contributed by atoms with Gasteiger partial charge in [0.15, 0.2) is 0 Å². The lowest BCUT2D eigenvalue weighted by Crippen LogP contribution is -2.46. The minimum Gasteiger partial charge on any atom is -0.493 e. The lowest BCUT2D eigenvalue weighted by atomic mass is 10.1. The van der Waals surface area contributed by atoms with Gasteiger partial charge in [-0.25, -0.2) is 14.6 Å². The van der Waals surface area contributed by atoms with Crippen LogP contribution in [0.3, 0.4) is 0 Å². The first kappa shape index (κ1) is 39.8. The molecular weight excluding hydrogens is 698 g/mol. The first-order valence-electron chi connectivity index (χ1n) is 16.3. The number of ether oxygens (including phenoxy) is 3. The van der Waals surface area contributed by atoms with Gasteiger partial charge in [-0.2, -0.15) is 26.3 Å². The van der Waals surface area contributed by atoms with Crippen LogP contribution in [0.4, 0.5) is 35.9 Å². The second-order valence-electron chi connectivity index (χ2n) is 13.8. The summed E-state index contributed by atoms with van der Waals surface area (Å²) < 4.78 is 103. The van der Waals surface area contributed by atoms with E-state index in [9.17, 15) is 35.9 Å². The Morgan fingerprint density at radius 2 is 1.63 bits per heavy atom. The minimum absolute atomic E-state index is 0.0935. The van der Waals surface area contributed by atoms with Crippen LogP contribution < -0.4 is 10.1 Å². The van der Waals surface area contributed by atoms with Gasteiger partial charge in [-0.15, -0.1) is 4.99 Å². The zero-order chi connectivity index (χ0) is 38.5. The Labute approximate surface area is 296 Å². The number of benzene rings is 2. The number of nitrogens with one attached hydrogen (secondary N) is 1. The number of likely N-dealkylation sites (tertiary alicyclic amines) is 1. The van der Waals surface area contributed by atoms with Gasteiger partial charge >= 0.3 is 24.5 Å². The minimum atomic E-state index is -4.78. The number of aliphatic imine (C=N–C) groups is 1. The quantitative estimate of drug-likeness (QED) is 0.110. The molecule has 0 bridgehead atoms. The summed E-state index contributed by atoms with van der Waals surface area (Å²) in [5.74, 6) is -0.467. The Morgan fingerprint density at radius 1 is 0.962 bits per heavy atom. The molecule has 52 heavy (non-hydrogen) atoms. The van der Waals surface area contributed by atoms with Crippen LogP contribution in [0.25, 0.3) is 17.3 Å². The van der Waals surface area contributed by atoms with Gasteiger partial charge in [0, 0.05) is 12.1 Å². The molecule has 0 radical (unpaired) electrons. The van der Waals surface area contributed by atoms with Crippen molar-refractivity contribution < 1.29 is 54.6 Å². The molecular formula is C36H40F6N4O6. The molecule has 10 nitrogen and oxygen atoms in total. The second kappa shape index (κ2) is 15.7. The maximum Gasteiger partial charge on any atom is 0.437 e. The molecule has 1 saturated heterocycles. The first-order chi connectivity index (χ1) is 24.1. The molecule has 1 N–H and O–H groups in total. The summed E-state index contributed by atoms with van der Waals surface area (Å²) in [6, 6.07) is 7.27. The van der Waals surface area contributed by atoms with Crippen molar-refractivity contribution in [1.29, 1.82) is 0 Å². The number of amides is 2. The van der Waals surface area contributed by atoms with Crippen molar-refractivity contribution in [3.05, 3.63) is 77.4 Å². The number of nitrogens with zero attached hydrogens (tertiary/aromatic N) is 3. The van der Waals surface area contributed by atoms with E-state index in [1.165, 1.54) is 30.5 Å². The molecule has 2 heterocycles. The molecule has 2 amide bonds. The highest BCUT2D eigenvalue weighted by atomic mass is 19.4. The monoisotopic (exact) mass is 738 g/mol. The summed E-state index contributed by atoms with van der Waals surface area (Å²) in [7, 11) is 0. The average Bonchev–Trinajstić information content (AvgIpc) is 3.68. The van der Waals surface area contributed by atoms with Crippen LogP contribution in [-0.4, -0.2) is 52.4 Å². The number of hydrogen-bond donors (Lipinski definition) is 1. The van der Waals surface area contributed by atoms with Gasteiger partial charge < -0.3 is 23.5 Å². The van der Waals surface area contributed by atoms with Crippen molar-refractivity contribution in [3.63, 3.8) is 0 Å². The van der Waals surface area contributed by atoms with E-state index < -0.39 is 58.7 Å². The van der Waals surface area contributed by atoms with Crippen molar-refractivity contribution in [3.8, 4) is 17.0 Å². The van der Waals surface area contributed by atoms with E-state index in [0.717, 1.165) is 18.2 Å². The molecule has 16 heteroatoms. The number of carbonyl (C=O) groups is 2. The number of guanidine groups is 1. The number of rotatable bonds is 7. The third-order valence-electron chi connectivity index (χ3n) is 7.21. The highest BCUT2D eigenvalue weighted by Crippen LogP contribution is 2.40. The molecule has 282 valence electrons. The van der Waals surface area contributed by atoms with Crippen LogP contribution in [0, 0.1) is 0 Å². The van der Waals surface area contributed by atoms with Gasteiger partial charge in [-0.05, 0) is 96.7 Å². The van der Waals surface area contributed by atoms with E-state index in [1.54, 1.807) is 58.6 Å². The van der Waals surface area contributed by atoms with E-state index in [1.807, 2.05) is 0 Å². The Bertz CT molecular complexity index is 1770. The number of carbonyl (C=O) groups excluding carboxylic acids is 2. The van der Waals surface area contributed by atoms with Crippen LogP contribution in [0.1, 0.15) is 89.4 Å². The molecule has 1 fully saturated rings. The van der Waals surface area contributed by atoms with E-state index in [0.29, 0.717) is 24.9 Å². The lowest BCUT2D eigenvalue weighted by molar-refractivity contribution is -0.139. The van der Waals surface area contributed by atoms with Crippen molar-refractivity contribution >= 4 is 24.2 Å². The van der Waals surface area contributed by atoms with E-state index in [4.69, 9.17) is 18.6 Å². The molecule has 4 rings (SSSR count). The fourth-order valence-corrected chi connectivity index (χ4v) is 5.06.